The van der Waals surface area contributed by atoms with Gasteiger partial charge in [0.25, 0.3) is 0 Å². The first-order valence-corrected chi connectivity index (χ1v) is 6.40. The first-order valence-electron chi connectivity index (χ1n) is 6.40. The van der Waals surface area contributed by atoms with Gasteiger partial charge in [0.05, 0.1) is 18.4 Å². The fourth-order valence-electron chi connectivity index (χ4n) is 2.28. The van der Waals surface area contributed by atoms with E-state index in [4.69, 9.17) is 15.6 Å². The molecule has 0 aromatic carbocycles. The number of carboxylic acid groups (broad SMARTS) is 1. The lowest BCUT2D eigenvalue weighted by molar-refractivity contribution is -0.141. The largest absolute Gasteiger partial charge is 0.481 e. The van der Waals surface area contributed by atoms with Crippen molar-refractivity contribution >= 4 is 11.9 Å². The standard InChI is InChI=1S/C12H22N2O4/c1-2-18-10(7-13)6-11(15)14-9-4-3-8(5-9)12(16)17/h8-10H,2-7,13H2,1H3,(H,14,15)(H,16,17). The van der Waals surface area contributed by atoms with E-state index in [0.29, 0.717) is 26.0 Å². The number of aliphatic carboxylic acids is 1. The molecule has 104 valence electrons. The lowest BCUT2D eigenvalue weighted by Crippen LogP contribution is -2.37. The monoisotopic (exact) mass is 258 g/mol. The number of nitrogens with one attached hydrogen (secondary N) is 1. The number of carboxylic acids is 1. The Bertz CT molecular complexity index is 296. The van der Waals surface area contributed by atoms with E-state index in [0.717, 1.165) is 6.42 Å². The number of amides is 1. The molecule has 4 N–H and O–H groups in total. The van der Waals surface area contributed by atoms with Crippen LogP contribution in [-0.4, -0.2) is 42.3 Å². The van der Waals surface area contributed by atoms with Crippen LogP contribution in [0.25, 0.3) is 0 Å². The topological polar surface area (TPSA) is 102 Å². The van der Waals surface area contributed by atoms with Crippen LogP contribution < -0.4 is 11.1 Å². The Morgan fingerprint density at radius 1 is 1.50 bits per heavy atom. The normalized spacial score (nSPS) is 24.8. The van der Waals surface area contributed by atoms with Crippen molar-refractivity contribution < 1.29 is 19.4 Å². The Morgan fingerprint density at radius 2 is 2.22 bits per heavy atom. The van der Waals surface area contributed by atoms with Gasteiger partial charge >= 0.3 is 5.97 Å². The van der Waals surface area contributed by atoms with E-state index in [2.05, 4.69) is 5.32 Å². The highest BCUT2D eigenvalue weighted by atomic mass is 16.5. The molecule has 3 unspecified atom stereocenters. The molecule has 1 fully saturated rings. The quantitative estimate of drug-likeness (QED) is 0.601. The highest BCUT2D eigenvalue weighted by Crippen LogP contribution is 2.25. The summed E-state index contributed by atoms with van der Waals surface area (Å²) in [6.07, 6.45) is 1.85. The summed E-state index contributed by atoms with van der Waals surface area (Å²) in [5, 5.41) is 11.7. The molecule has 1 rings (SSSR count). The number of ether oxygens (including phenoxy) is 1. The summed E-state index contributed by atoms with van der Waals surface area (Å²) in [4.78, 5) is 22.5. The molecule has 1 aliphatic rings. The molecule has 18 heavy (non-hydrogen) atoms. The zero-order valence-electron chi connectivity index (χ0n) is 10.7. The smallest absolute Gasteiger partial charge is 0.306 e. The minimum atomic E-state index is -0.777. The average molecular weight is 258 g/mol. The number of carbonyl (C=O) groups is 2. The summed E-state index contributed by atoms with van der Waals surface area (Å²) < 4.78 is 5.31. The Labute approximate surface area is 107 Å². The first kappa shape index (κ1) is 14.9. The number of nitrogens with two attached hydrogens (primary N) is 1. The number of hydrogen-bond donors (Lipinski definition) is 3. The Balaban J connectivity index is 2.30. The molecule has 0 spiro atoms. The Kier molecular flexibility index (Phi) is 6.07. The van der Waals surface area contributed by atoms with Crippen LogP contribution in [-0.2, 0) is 14.3 Å². The maximum Gasteiger partial charge on any atom is 0.306 e. The van der Waals surface area contributed by atoms with Gasteiger partial charge in [-0.2, -0.15) is 0 Å². The molecule has 0 radical (unpaired) electrons. The molecule has 1 saturated carbocycles. The predicted octanol–water partition coefficient (Wildman–Crippen LogP) is 0.110. The molecular formula is C12H22N2O4. The van der Waals surface area contributed by atoms with Crippen molar-refractivity contribution in [1.82, 2.24) is 5.32 Å². The molecule has 0 saturated heterocycles. The molecule has 6 nitrogen and oxygen atoms in total. The summed E-state index contributed by atoms with van der Waals surface area (Å²) in [6, 6.07) is -0.0290. The summed E-state index contributed by atoms with van der Waals surface area (Å²) in [5.74, 6) is -1.22. The van der Waals surface area contributed by atoms with Crippen molar-refractivity contribution in [1.29, 1.82) is 0 Å². The van der Waals surface area contributed by atoms with E-state index in [1.54, 1.807) is 0 Å². The zero-order chi connectivity index (χ0) is 13.5. The van der Waals surface area contributed by atoms with Gasteiger partial charge in [0.2, 0.25) is 5.91 Å². The first-order chi connectivity index (χ1) is 8.56. The number of carbonyl (C=O) groups excluding carboxylic acids is 1. The minimum Gasteiger partial charge on any atom is -0.481 e. The van der Waals surface area contributed by atoms with Crippen LogP contribution >= 0.6 is 0 Å². The van der Waals surface area contributed by atoms with Crippen molar-refractivity contribution in [2.45, 2.75) is 44.8 Å². The van der Waals surface area contributed by atoms with Crippen molar-refractivity contribution in [3.8, 4) is 0 Å². The maximum absolute atomic E-state index is 11.7. The second kappa shape index (κ2) is 7.33. The van der Waals surface area contributed by atoms with Gasteiger partial charge in [0.15, 0.2) is 0 Å². The third-order valence-electron chi connectivity index (χ3n) is 3.23. The van der Waals surface area contributed by atoms with E-state index in [9.17, 15) is 9.59 Å². The Hall–Kier alpha value is -1.14. The molecule has 1 aliphatic carbocycles. The summed E-state index contributed by atoms with van der Waals surface area (Å²) in [7, 11) is 0. The van der Waals surface area contributed by atoms with Crippen molar-refractivity contribution in [2.24, 2.45) is 11.7 Å². The third-order valence-corrected chi connectivity index (χ3v) is 3.23. The van der Waals surface area contributed by atoms with Gasteiger partial charge in [-0.1, -0.05) is 0 Å². The molecule has 3 atom stereocenters. The van der Waals surface area contributed by atoms with Crippen LogP contribution in [0.5, 0.6) is 0 Å². The van der Waals surface area contributed by atoms with Gasteiger partial charge in [-0.05, 0) is 26.2 Å². The summed E-state index contributed by atoms with van der Waals surface area (Å²) >= 11 is 0. The third kappa shape index (κ3) is 4.62. The van der Waals surface area contributed by atoms with E-state index in [1.165, 1.54) is 0 Å². The van der Waals surface area contributed by atoms with E-state index < -0.39 is 5.97 Å². The minimum absolute atomic E-state index is 0.0290. The van der Waals surface area contributed by atoms with Gasteiger partial charge < -0.3 is 20.9 Å². The van der Waals surface area contributed by atoms with Gasteiger partial charge in [-0.15, -0.1) is 0 Å². The van der Waals surface area contributed by atoms with Gasteiger partial charge in [0.1, 0.15) is 0 Å². The SMILES string of the molecule is CCOC(CN)CC(=O)NC1CCC(C(=O)O)C1. The van der Waals surface area contributed by atoms with Crippen LogP contribution in [0.3, 0.4) is 0 Å². The molecule has 0 aliphatic heterocycles. The van der Waals surface area contributed by atoms with Gasteiger partial charge in [0, 0.05) is 19.2 Å². The van der Waals surface area contributed by atoms with Crippen molar-refractivity contribution in [3.05, 3.63) is 0 Å². The summed E-state index contributed by atoms with van der Waals surface area (Å²) in [5.41, 5.74) is 5.49. The van der Waals surface area contributed by atoms with Crippen LogP contribution in [0, 0.1) is 5.92 Å². The van der Waals surface area contributed by atoms with Crippen molar-refractivity contribution in [2.75, 3.05) is 13.2 Å². The van der Waals surface area contributed by atoms with Crippen molar-refractivity contribution in [3.63, 3.8) is 0 Å². The van der Waals surface area contributed by atoms with Crippen LogP contribution in [0.2, 0.25) is 0 Å². The van der Waals surface area contributed by atoms with E-state index in [1.807, 2.05) is 6.92 Å². The number of rotatable bonds is 7. The van der Waals surface area contributed by atoms with E-state index >= 15 is 0 Å². The van der Waals surface area contributed by atoms with Gasteiger partial charge in [-0.3, -0.25) is 9.59 Å². The molecule has 6 heteroatoms. The maximum atomic E-state index is 11.7. The predicted molar refractivity (Wildman–Crippen MR) is 66.0 cm³/mol. The second-order valence-electron chi connectivity index (χ2n) is 4.63. The Morgan fingerprint density at radius 3 is 2.72 bits per heavy atom. The lowest BCUT2D eigenvalue weighted by atomic mass is 10.1. The molecule has 0 bridgehead atoms. The zero-order valence-corrected chi connectivity index (χ0v) is 10.7. The lowest BCUT2D eigenvalue weighted by Gasteiger charge is -2.17. The average Bonchev–Trinajstić information content (AvgIpc) is 2.77. The number of hydrogen-bond acceptors (Lipinski definition) is 4. The molecule has 0 aromatic rings. The summed E-state index contributed by atoms with van der Waals surface area (Å²) in [6.45, 7) is 2.69. The highest BCUT2D eigenvalue weighted by molar-refractivity contribution is 5.77. The van der Waals surface area contributed by atoms with Gasteiger partial charge in [-0.25, -0.2) is 0 Å². The van der Waals surface area contributed by atoms with Crippen LogP contribution in [0.15, 0.2) is 0 Å². The highest BCUT2D eigenvalue weighted by Gasteiger charge is 2.30. The van der Waals surface area contributed by atoms with E-state index in [-0.39, 0.29) is 30.4 Å². The van der Waals surface area contributed by atoms with Crippen LogP contribution in [0.4, 0.5) is 0 Å². The molecule has 0 heterocycles. The fraction of sp³-hybridized carbons (Fsp3) is 0.833. The fourth-order valence-corrected chi connectivity index (χ4v) is 2.28. The second-order valence-corrected chi connectivity index (χ2v) is 4.63. The molecule has 1 amide bonds. The molecular weight excluding hydrogens is 236 g/mol. The van der Waals surface area contributed by atoms with Crippen LogP contribution in [0.1, 0.15) is 32.6 Å². The molecule has 0 aromatic heterocycles.